The molecular formula is C12H11Cl2N3. The van der Waals surface area contributed by atoms with Gasteiger partial charge in [0.2, 0.25) is 0 Å². The van der Waals surface area contributed by atoms with Gasteiger partial charge in [-0.05, 0) is 36.8 Å². The highest BCUT2D eigenvalue weighted by molar-refractivity contribution is 6.31. The van der Waals surface area contributed by atoms with Crippen molar-refractivity contribution in [2.24, 2.45) is 0 Å². The molecule has 0 radical (unpaired) electrons. The number of rotatable bonds is 2. The highest BCUT2D eigenvalue weighted by atomic mass is 35.5. The first-order chi connectivity index (χ1) is 8.08. The maximum atomic E-state index is 6.03. The Kier molecular flexibility index (Phi) is 3.41. The molecule has 1 heterocycles. The summed E-state index contributed by atoms with van der Waals surface area (Å²) in [6.45, 7) is 1.92. The molecule has 0 aliphatic rings. The van der Waals surface area contributed by atoms with Crippen LogP contribution in [-0.2, 0) is 0 Å². The Labute approximate surface area is 110 Å². The zero-order valence-electron chi connectivity index (χ0n) is 9.17. The van der Waals surface area contributed by atoms with Crippen LogP contribution in [0.1, 0.15) is 5.56 Å². The largest absolute Gasteiger partial charge is 0.396 e. The summed E-state index contributed by atoms with van der Waals surface area (Å²) in [4.78, 5) is 4.13. The molecule has 2 rings (SSSR count). The second-order valence-electron chi connectivity index (χ2n) is 3.61. The Balaban J connectivity index is 2.38. The molecule has 5 heteroatoms. The number of nitrogens with zero attached hydrogens (tertiary/aromatic N) is 1. The fraction of sp³-hybridized carbons (Fsp3) is 0.0833. The molecule has 0 fully saturated rings. The Morgan fingerprint density at radius 2 is 1.94 bits per heavy atom. The number of halogens is 2. The molecule has 0 aliphatic carbocycles. The van der Waals surface area contributed by atoms with E-state index < -0.39 is 0 Å². The Hall–Kier alpha value is -1.45. The number of benzene rings is 1. The van der Waals surface area contributed by atoms with Crippen molar-refractivity contribution >= 4 is 40.4 Å². The number of nitrogens with one attached hydrogen (secondary N) is 1. The average molecular weight is 268 g/mol. The molecule has 0 amide bonds. The van der Waals surface area contributed by atoms with Crippen molar-refractivity contribution in [2.45, 2.75) is 6.92 Å². The summed E-state index contributed by atoms with van der Waals surface area (Å²) in [5.74, 6) is 0.530. The van der Waals surface area contributed by atoms with Crippen LogP contribution < -0.4 is 11.1 Å². The molecule has 3 nitrogen and oxygen atoms in total. The fourth-order valence-electron chi connectivity index (χ4n) is 1.42. The number of anilines is 3. The van der Waals surface area contributed by atoms with Gasteiger partial charge in [-0.25, -0.2) is 4.98 Å². The third-order valence-corrected chi connectivity index (χ3v) is 3.03. The van der Waals surface area contributed by atoms with Crippen LogP contribution >= 0.6 is 23.2 Å². The van der Waals surface area contributed by atoms with E-state index in [-0.39, 0.29) is 0 Å². The summed E-state index contributed by atoms with van der Waals surface area (Å²) in [5, 5.41) is 4.20. The van der Waals surface area contributed by atoms with Crippen molar-refractivity contribution in [3.05, 3.63) is 46.1 Å². The van der Waals surface area contributed by atoms with Crippen molar-refractivity contribution < 1.29 is 0 Å². The molecule has 0 aliphatic heterocycles. The number of pyridine rings is 1. The van der Waals surface area contributed by atoms with Gasteiger partial charge in [0.1, 0.15) is 5.15 Å². The van der Waals surface area contributed by atoms with Crippen LogP contribution in [0.25, 0.3) is 0 Å². The second-order valence-corrected chi connectivity index (χ2v) is 4.40. The standard InChI is InChI=1S/C12H11Cl2N3/c1-7-8(13)3-2-4-10(7)16-12-9(15)5-6-11(14)17-12/h2-6H,15H2,1H3,(H,16,17). The first kappa shape index (κ1) is 12.0. The summed E-state index contributed by atoms with van der Waals surface area (Å²) in [7, 11) is 0. The zero-order valence-corrected chi connectivity index (χ0v) is 10.7. The molecule has 0 saturated carbocycles. The van der Waals surface area contributed by atoms with E-state index in [0.29, 0.717) is 21.7 Å². The van der Waals surface area contributed by atoms with Crippen molar-refractivity contribution in [3.8, 4) is 0 Å². The molecule has 1 aromatic heterocycles. The molecule has 0 bridgehead atoms. The predicted octanol–water partition coefficient (Wildman–Crippen LogP) is 4.02. The molecule has 17 heavy (non-hydrogen) atoms. The molecule has 0 saturated heterocycles. The van der Waals surface area contributed by atoms with Crippen molar-refractivity contribution in [1.82, 2.24) is 4.98 Å². The smallest absolute Gasteiger partial charge is 0.155 e. The van der Waals surface area contributed by atoms with Crippen LogP contribution in [0.2, 0.25) is 10.2 Å². The monoisotopic (exact) mass is 267 g/mol. The van der Waals surface area contributed by atoms with Gasteiger partial charge in [0.15, 0.2) is 5.82 Å². The average Bonchev–Trinajstić information content (AvgIpc) is 2.30. The minimum atomic E-state index is 0.390. The van der Waals surface area contributed by atoms with Gasteiger partial charge >= 0.3 is 0 Å². The molecular weight excluding hydrogens is 257 g/mol. The van der Waals surface area contributed by atoms with E-state index in [2.05, 4.69) is 10.3 Å². The van der Waals surface area contributed by atoms with E-state index in [1.165, 1.54) is 0 Å². The lowest BCUT2D eigenvalue weighted by Crippen LogP contribution is -2.00. The summed E-state index contributed by atoms with van der Waals surface area (Å²) < 4.78 is 0. The predicted molar refractivity (Wildman–Crippen MR) is 73.1 cm³/mol. The lowest BCUT2D eigenvalue weighted by atomic mass is 10.2. The molecule has 0 spiro atoms. The molecule has 88 valence electrons. The molecule has 2 aromatic rings. The number of nitrogen functional groups attached to an aromatic ring is 1. The lowest BCUT2D eigenvalue weighted by molar-refractivity contribution is 1.30. The molecule has 1 aromatic carbocycles. The van der Waals surface area contributed by atoms with Crippen LogP contribution in [0.3, 0.4) is 0 Å². The quantitative estimate of drug-likeness (QED) is 0.808. The lowest BCUT2D eigenvalue weighted by Gasteiger charge is -2.11. The topological polar surface area (TPSA) is 50.9 Å². The van der Waals surface area contributed by atoms with Gasteiger partial charge in [-0.15, -0.1) is 0 Å². The van der Waals surface area contributed by atoms with Crippen molar-refractivity contribution in [2.75, 3.05) is 11.1 Å². The maximum Gasteiger partial charge on any atom is 0.155 e. The van der Waals surface area contributed by atoms with Crippen molar-refractivity contribution in [1.29, 1.82) is 0 Å². The van der Waals surface area contributed by atoms with Gasteiger partial charge in [-0.2, -0.15) is 0 Å². The SMILES string of the molecule is Cc1c(Cl)cccc1Nc1nc(Cl)ccc1N. The fourth-order valence-corrected chi connectivity index (χ4v) is 1.74. The third kappa shape index (κ3) is 2.62. The first-order valence-corrected chi connectivity index (χ1v) is 5.77. The summed E-state index contributed by atoms with van der Waals surface area (Å²) in [6.07, 6.45) is 0. The van der Waals surface area contributed by atoms with Crippen molar-refractivity contribution in [3.63, 3.8) is 0 Å². The van der Waals surface area contributed by atoms with Gasteiger partial charge in [-0.1, -0.05) is 29.3 Å². The number of nitrogens with two attached hydrogens (primary N) is 1. The van der Waals surface area contributed by atoms with E-state index in [4.69, 9.17) is 28.9 Å². The Bertz CT molecular complexity index is 555. The maximum absolute atomic E-state index is 6.03. The van der Waals surface area contributed by atoms with Crippen LogP contribution in [0.4, 0.5) is 17.2 Å². The van der Waals surface area contributed by atoms with Gasteiger partial charge < -0.3 is 11.1 Å². The molecule has 3 N–H and O–H groups in total. The van der Waals surface area contributed by atoms with Gasteiger partial charge in [-0.3, -0.25) is 0 Å². The first-order valence-electron chi connectivity index (χ1n) is 5.02. The van der Waals surface area contributed by atoms with Gasteiger partial charge in [0.25, 0.3) is 0 Å². The highest BCUT2D eigenvalue weighted by Gasteiger charge is 2.06. The van der Waals surface area contributed by atoms with Crippen LogP contribution in [0, 0.1) is 6.92 Å². The zero-order chi connectivity index (χ0) is 12.4. The minimum absolute atomic E-state index is 0.390. The number of hydrogen-bond donors (Lipinski definition) is 2. The van der Waals surface area contributed by atoms with E-state index >= 15 is 0 Å². The van der Waals surface area contributed by atoms with E-state index in [9.17, 15) is 0 Å². The molecule has 0 unspecified atom stereocenters. The summed E-state index contributed by atoms with van der Waals surface area (Å²) in [6, 6.07) is 8.95. The van der Waals surface area contributed by atoms with Crippen LogP contribution in [0.5, 0.6) is 0 Å². The Morgan fingerprint density at radius 1 is 1.18 bits per heavy atom. The number of aromatic nitrogens is 1. The second kappa shape index (κ2) is 4.82. The summed E-state index contributed by atoms with van der Waals surface area (Å²) in [5.41, 5.74) is 8.14. The van der Waals surface area contributed by atoms with Gasteiger partial charge in [0, 0.05) is 10.7 Å². The van der Waals surface area contributed by atoms with Crippen LogP contribution in [0.15, 0.2) is 30.3 Å². The minimum Gasteiger partial charge on any atom is -0.396 e. The Morgan fingerprint density at radius 3 is 2.71 bits per heavy atom. The van der Waals surface area contributed by atoms with E-state index in [1.54, 1.807) is 12.1 Å². The number of hydrogen-bond acceptors (Lipinski definition) is 3. The van der Waals surface area contributed by atoms with E-state index in [1.807, 2.05) is 25.1 Å². The molecule has 0 atom stereocenters. The van der Waals surface area contributed by atoms with Gasteiger partial charge in [0.05, 0.1) is 5.69 Å². The van der Waals surface area contributed by atoms with Crippen LogP contribution in [-0.4, -0.2) is 4.98 Å². The summed E-state index contributed by atoms with van der Waals surface area (Å²) >= 11 is 11.9. The van der Waals surface area contributed by atoms with E-state index in [0.717, 1.165) is 11.3 Å². The highest BCUT2D eigenvalue weighted by Crippen LogP contribution is 2.28. The normalized spacial score (nSPS) is 10.3. The third-order valence-electron chi connectivity index (χ3n) is 2.41.